The van der Waals surface area contributed by atoms with E-state index in [1.54, 1.807) is 30.2 Å². The van der Waals surface area contributed by atoms with E-state index in [0.29, 0.717) is 22.7 Å². The molecule has 0 aliphatic heterocycles. The highest BCUT2D eigenvalue weighted by Crippen LogP contribution is 2.32. The summed E-state index contributed by atoms with van der Waals surface area (Å²) >= 11 is 0. The maximum atomic E-state index is 14.0. The van der Waals surface area contributed by atoms with Gasteiger partial charge in [-0.3, -0.25) is 9.59 Å². The Morgan fingerprint density at radius 2 is 1.45 bits per heavy atom. The summed E-state index contributed by atoms with van der Waals surface area (Å²) in [4.78, 5) is 29.5. The molecule has 0 spiro atoms. The Bertz CT molecular complexity index is 1360. The van der Waals surface area contributed by atoms with E-state index in [4.69, 9.17) is 9.47 Å². The van der Waals surface area contributed by atoms with Crippen LogP contribution in [0.1, 0.15) is 28.3 Å². The van der Waals surface area contributed by atoms with Crippen molar-refractivity contribution in [1.82, 2.24) is 4.90 Å². The Morgan fingerprint density at radius 1 is 0.789 bits per heavy atom. The zero-order chi connectivity index (χ0) is 26.9. The minimum absolute atomic E-state index is 0.150. The van der Waals surface area contributed by atoms with Crippen molar-refractivity contribution >= 4 is 17.5 Å². The first-order chi connectivity index (χ1) is 18.5. The molecule has 0 saturated heterocycles. The van der Waals surface area contributed by atoms with Crippen molar-refractivity contribution in [3.05, 3.63) is 125 Å². The average Bonchev–Trinajstić information content (AvgIpc) is 2.95. The summed E-state index contributed by atoms with van der Waals surface area (Å²) in [6.07, 6.45) is 0.176. The third-order valence-electron chi connectivity index (χ3n) is 6.33. The number of ether oxygens (including phenoxy) is 2. The van der Waals surface area contributed by atoms with E-state index in [0.717, 1.165) is 16.7 Å². The predicted molar refractivity (Wildman–Crippen MR) is 149 cm³/mol. The molecule has 0 heterocycles. The molecule has 0 aliphatic carbocycles. The number of nitrogens with zero attached hydrogens (tertiary/aromatic N) is 1. The van der Waals surface area contributed by atoms with Gasteiger partial charge in [0.1, 0.15) is 17.5 Å². The largest absolute Gasteiger partial charge is 0.497 e. The van der Waals surface area contributed by atoms with E-state index < -0.39 is 6.04 Å². The zero-order valence-corrected chi connectivity index (χ0v) is 21.9. The monoisotopic (exact) mass is 508 g/mol. The molecule has 0 bridgehead atoms. The van der Waals surface area contributed by atoms with Crippen molar-refractivity contribution in [2.24, 2.45) is 0 Å². The normalized spacial score (nSPS) is 11.3. The van der Waals surface area contributed by atoms with Crippen molar-refractivity contribution in [3.63, 3.8) is 0 Å². The SMILES string of the molecule is COc1ccc(NC(=O)C(c2ccccc2)N(Cc2ccc(C)cc2)C(=O)Cc2ccccc2)c(OC)c1. The third-order valence-corrected chi connectivity index (χ3v) is 6.33. The second-order valence-electron chi connectivity index (χ2n) is 9.04. The second kappa shape index (κ2) is 12.6. The molecule has 1 unspecified atom stereocenters. The minimum atomic E-state index is -0.875. The van der Waals surface area contributed by atoms with Crippen LogP contribution in [0.5, 0.6) is 11.5 Å². The lowest BCUT2D eigenvalue weighted by atomic mass is 10.0. The number of carbonyl (C=O) groups is 2. The Hall–Kier alpha value is -4.58. The van der Waals surface area contributed by atoms with Crippen molar-refractivity contribution in [2.75, 3.05) is 19.5 Å². The Labute approximate surface area is 223 Å². The fourth-order valence-electron chi connectivity index (χ4n) is 4.30. The second-order valence-corrected chi connectivity index (χ2v) is 9.04. The number of carbonyl (C=O) groups excluding carboxylic acids is 2. The number of hydrogen-bond donors (Lipinski definition) is 1. The van der Waals surface area contributed by atoms with E-state index in [-0.39, 0.29) is 24.8 Å². The highest BCUT2D eigenvalue weighted by Gasteiger charge is 2.32. The van der Waals surface area contributed by atoms with Gasteiger partial charge in [0.05, 0.1) is 26.3 Å². The van der Waals surface area contributed by atoms with Gasteiger partial charge in [0.25, 0.3) is 5.91 Å². The molecule has 0 saturated carbocycles. The van der Waals surface area contributed by atoms with Gasteiger partial charge >= 0.3 is 0 Å². The summed E-state index contributed by atoms with van der Waals surface area (Å²) in [5.74, 6) is 0.583. The van der Waals surface area contributed by atoms with Gasteiger partial charge in [-0.05, 0) is 35.7 Å². The van der Waals surface area contributed by atoms with Crippen LogP contribution in [-0.2, 0) is 22.6 Å². The molecule has 4 aromatic rings. The molecule has 0 aromatic heterocycles. The molecule has 2 amide bonds. The van der Waals surface area contributed by atoms with E-state index in [9.17, 15) is 9.59 Å². The summed E-state index contributed by atoms with van der Waals surface area (Å²) in [5, 5.41) is 2.99. The number of amides is 2. The molecule has 4 rings (SSSR count). The maximum Gasteiger partial charge on any atom is 0.251 e. The Kier molecular flexibility index (Phi) is 8.77. The highest BCUT2D eigenvalue weighted by molar-refractivity contribution is 5.99. The standard InChI is InChI=1S/C32H32N2O4/c1-23-14-16-25(17-15-23)22-34(30(35)20-24-10-6-4-7-11-24)31(26-12-8-5-9-13-26)32(36)33-28-19-18-27(37-2)21-29(28)38-3/h4-19,21,31H,20,22H2,1-3H3,(H,33,36). The lowest BCUT2D eigenvalue weighted by Gasteiger charge is -2.32. The number of anilines is 1. The Balaban J connectivity index is 1.73. The summed E-state index contributed by atoms with van der Waals surface area (Å²) in [6.45, 7) is 2.29. The zero-order valence-electron chi connectivity index (χ0n) is 21.9. The molecule has 194 valence electrons. The number of rotatable bonds is 10. The first-order valence-electron chi connectivity index (χ1n) is 12.4. The van der Waals surface area contributed by atoms with Gasteiger partial charge in [-0.15, -0.1) is 0 Å². The van der Waals surface area contributed by atoms with Crippen LogP contribution in [0.2, 0.25) is 0 Å². The van der Waals surface area contributed by atoms with E-state index in [1.165, 1.54) is 7.11 Å². The van der Waals surface area contributed by atoms with Gasteiger partial charge in [-0.25, -0.2) is 0 Å². The van der Waals surface area contributed by atoms with Gasteiger partial charge < -0.3 is 19.7 Å². The minimum Gasteiger partial charge on any atom is -0.497 e. The van der Waals surface area contributed by atoms with Crippen LogP contribution in [-0.4, -0.2) is 30.9 Å². The van der Waals surface area contributed by atoms with Crippen molar-refractivity contribution in [2.45, 2.75) is 25.9 Å². The molecule has 6 nitrogen and oxygen atoms in total. The molecule has 0 fully saturated rings. The fourth-order valence-corrected chi connectivity index (χ4v) is 4.30. The van der Waals surface area contributed by atoms with E-state index in [1.807, 2.05) is 91.9 Å². The first-order valence-corrected chi connectivity index (χ1v) is 12.4. The average molecular weight is 509 g/mol. The van der Waals surface area contributed by atoms with Gasteiger partial charge in [-0.1, -0.05) is 90.5 Å². The molecule has 6 heteroatoms. The fraction of sp³-hybridized carbons (Fsp3) is 0.188. The molecule has 1 atom stereocenters. The van der Waals surface area contributed by atoms with Gasteiger partial charge in [0.15, 0.2) is 0 Å². The topological polar surface area (TPSA) is 67.9 Å². The van der Waals surface area contributed by atoms with Gasteiger partial charge in [0, 0.05) is 12.6 Å². The smallest absolute Gasteiger partial charge is 0.251 e. The number of aryl methyl sites for hydroxylation is 1. The first kappa shape index (κ1) is 26.5. The number of nitrogens with one attached hydrogen (secondary N) is 1. The maximum absolute atomic E-state index is 14.0. The van der Waals surface area contributed by atoms with Crippen LogP contribution in [0.15, 0.2) is 103 Å². The summed E-state index contributed by atoms with van der Waals surface area (Å²) in [5.41, 5.74) is 4.15. The molecular weight excluding hydrogens is 476 g/mol. The molecule has 0 aliphatic rings. The third kappa shape index (κ3) is 6.59. The summed E-state index contributed by atoms with van der Waals surface area (Å²) in [6, 6.07) is 31.2. The quantitative estimate of drug-likeness (QED) is 0.287. The summed E-state index contributed by atoms with van der Waals surface area (Å²) < 4.78 is 10.8. The predicted octanol–water partition coefficient (Wildman–Crippen LogP) is 5.96. The molecule has 1 N–H and O–H groups in total. The Morgan fingerprint density at radius 3 is 2.08 bits per heavy atom. The van der Waals surface area contributed by atoms with Gasteiger partial charge in [-0.2, -0.15) is 0 Å². The van der Waals surface area contributed by atoms with Crippen LogP contribution in [0, 0.1) is 6.92 Å². The summed E-state index contributed by atoms with van der Waals surface area (Å²) in [7, 11) is 3.10. The number of hydrogen-bond acceptors (Lipinski definition) is 4. The van der Waals surface area contributed by atoms with Gasteiger partial charge in [0.2, 0.25) is 5.91 Å². The highest BCUT2D eigenvalue weighted by atomic mass is 16.5. The van der Waals surface area contributed by atoms with Crippen LogP contribution < -0.4 is 14.8 Å². The lowest BCUT2D eigenvalue weighted by molar-refractivity contribution is -0.139. The molecular formula is C32H32N2O4. The van der Waals surface area contributed by atoms with E-state index in [2.05, 4.69) is 5.32 Å². The molecule has 38 heavy (non-hydrogen) atoms. The molecule has 4 aromatic carbocycles. The van der Waals surface area contributed by atoms with Crippen LogP contribution in [0.4, 0.5) is 5.69 Å². The van der Waals surface area contributed by atoms with Crippen molar-refractivity contribution < 1.29 is 19.1 Å². The number of methoxy groups -OCH3 is 2. The van der Waals surface area contributed by atoms with Crippen molar-refractivity contribution in [1.29, 1.82) is 0 Å². The van der Waals surface area contributed by atoms with E-state index >= 15 is 0 Å². The van der Waals surface area contributed by atoms with Crippen LogP contribution in [0.25, 0.3) is 0 Å². The lowest BCUT2D eigenvalue weighted by Crippen LogP contribution is -2.41. The molecule has 0 radical (unpaired) electrons. The van der Waals surface area contributed by atoms with Crippen LogP contribution in [0.3, 0.4) is 0 Å². The van der Waals surface area contributed by atoms with Crippen LogP contribution >= 0.6 is 0 Å². The van der Waals surface area contributed by atoms with Crippen molar-refractivity contribution in [3.8, 4) is 11.5 Å². The number of benzene rings is 4.